The average Bonchev–Trinajstić information content (AvgIpc) is 2.33. The van der Waals surface area contributed by atoms with Crippen LogP contribution in [0.4, 0.5) is 8.78 Å². The van der Waals surface area contributed by atoms with Crippen LogP contribution < -0.4 is 0 Å². The van der Waals surface area contributed by atoms with Crippen LogP contribution in [-0.2, 0) is 11.2 Å². The highest BCUT2D eigenvalue weighted by molar-refractivity contribution is 5.78. The summed E-state index contributed by atoms with van der Waals surface area (Å²) in [6, 6.07) is 3.42. The Balaban J connectivity index is 2.69. The molecule has 3 nitrogen and oxygen atoms in total. The summed E-state index contributed by atoms with van der Waals surface area (Å²) < 4.78 is 25.7. The second kappa shape index (κ2) is 7.06. The minimum Gasteiger partial charge on any atom is -0.395 e. The maximum atomic E-state index is 13.0. The zero-order valence-corrected chi connectivity index (χ0v) is 10.3. The number of rotatable bonds is 6. The summed E-state index contributed by atoms with van der Waals surface area (Å²) in [4.78, 5) is 13.4. The first kappa shape index (κ1) is 14.6. The van der Waals surface area contributed by atoms with Crippen molar-refractivity contribution in [1.82, 2.24) is 4.90 Å². The molecule has 0 atom stereocenters. The van der Waals surface area contributed by atoms with Gasteiger partial charge in [-0.25, -0.2) is 8.78 Å². The Morgan fingerprint density at radius 2 is 2.00 bits per heavy atom. The number of benzene rings is 1. The van der Waals surface area contributed by atoms with Crippen LogP contribution in [0.3, 0.4) is 0 Å². The van der Waals surface area contributed by atoms with Crippen LogP contribution in [0.2, 0.25) is 0 Å². The third-order valence-corrected chi connectivity index (χ3v) is 2.56. The molecular formula is C13H17F2NO2. The molecule has 5 heteroatoms. The van der Waals surface area contributed by atoms with Gasteiger partial charge in [-0.1, -0.05) is 13.0 Å². The van der Waals surface area contributed by atoms with Gasteiger partial charge in [-0.3, -0.25) is 4.79 Å². The molecule has 100 valence electrons. The minimum atomic E-state index is -0.954. The fourth-order valence-corrected chi connectivity index (χ4v) is 1.69. The van der Waals surface area contributed by atoms with Crippen LogP contribution in [-0.4, -0.2) is 35.6 Å². The van der Waals surface area contributed by atoms with Crippen LogP contribution >= 0.6 is 0 Å². The average molecular weight is 257 g/mol. The van der Waals surface area contributed by atoms with Crippen molar-refractivity contribution in [2.45, 2.75) is 19.8 Å². The number of hydrogen-bond donors (Lipinski definition) is 1. The van der Waals surface area contributed by atoms with E-state index in [0.29, 0.717) is 12.1 Å². The first-order valence-corrected chi connectivity index (χ1v) is 5.91. The van der Waals surface area contributed by atoms with E-state index in [0.717, 1.165) is 18.6 Å². The van der Waals surface area contributed by atoms with E-state index in [1.165, 1.54) is 11.0 Å². The van der Waals surface area contributed by atoms with Gasteiger partial charge in [-0.05, 0) is 24.1 Å². The number of aliphatic hydroxyl groups excluding tert-OH is 1. The summed E-state index contributed by atoms with van der Waals surface area (Å²) in [6.45, 7) is 2.62. The fraction of sp³-hybridized carbons (Fsp3) is 0.462. The molecule has 0 aliphatic heterocycles. The van der Waals surface area contributed by atoms with Crippen molar-refractivity contribution in [3.8, 4) is 0 Å². The first-order valence-electron chi connectivity index (χ1n) is 5.91. The lowest BCUT2D eigenvalue weighted by Crippen LogP contribution is -2.35. The molecule has 0 spiro atoms. The number of aliphatic hydroxyl groups is 1. The van der Waals surface area contributed by atoms with Gasteiger partial charge in [0, 0.05) is 13.1 Å². The molecule has 0 saturated heterocycles. The van der Waals surface area contributed by atoms with Crippen molar-refractivity contribution in [1.29, 1.82) is 0 Å². The lowest BCUT2D eigenvalue weighted by atomic mass is 10.1. The molecule has 0 aliphatic rings. The highest BCUT2D eigenvalue weighted by Gasteiger charge is 2.13. The monoisotopic (exact) mass is 257 g/mol. The van der Waals surface area contributed by atoms with Gasteiger partial charge in [-0.2, -0.15) is 0 Å². The number of carbonyl (C=O) groups is 1. The molecule has 0 saturated carbocycles. The van der Waals surface area contributed by atoms with Crippen LogP contribution in [0.15, 0.2) is 18.2 Å². The second-order valence-corrected chi connectivity index (χ2v) is 4.03. The molecule has 0 bridgehead atoms. The molecule has 0 heterocycles. The van der Waals surface area contributed by atoms with Crippen molar-refractivity contribution in [3.63, 3.8) is 0 Å². The predicted molar refractivity (Wildman–Crippen MR) is 64.0 cm³/mol. The normalized spacial score (nSPS) is 10.4. The van der Waals surface area contributed by atoms with E-state index in [2.05, 4.69) is 0 Å². The molecule has 1 aromatic carbocycles. The highest BCUT2D eigenvalue weighted by Crippen LogP contribution is 2.10. The van der Waals surface area contributed by atoms with Crippen LogP contribution in [0.1, 0.15) is 18.9 Å². The summed E-state index contributed by atoms with van der Waals surface area (Å²) >= 11 is 0. The smallest absolute Gasteiger partial charge is 0.227 e. The molecule has 0 unspecified atom stereocenters. The standard InChI is InChI=1S/C13H17F2NO2/c1-2-5-16(6-7-17)13(18)9-10-3-4-11(14)12(15)8-10/h3-4,8,17H,2,5-7,9H2,1H3. The Bertz CT molecular complexity index is 404. The summed E-state index contributed by atoms with van der Waals surface area (Å²) in [6.07, 6.45) is 0.792. The number of amides is 1. The number of halogens is 2. The molecule has 1 aromatic rings. The lowest BCUT2D eigenvalue weighted by Gasteiger charge is -2.21. The Kier molecular flexibility index (Phi) is 5.71. The third-order valence-electron chi connectivity index (χ3n) is 2.56. The minimum absolute atomic E-state index is 0.0111. The largest absolute Gasteiger partial charge is 0.395 e. The number of carbonyl (C=O) groups excluding carboxylic acids is 1. The van der Waals surface area contributed by atoms with Crippen molar-refractivity contribution in [3.05, 3.63) is 35.4 Å². The number of nitrogens with zero attached hydrogens (tertiary/aromatic N) is 1. The summed E-state index contributed by atoms with van der Waals surface area (Å²) in [7, 11) is 0. The van der Waals surface area contributed by atoms with Gasteiger partial charge in [0.05, 0.1) is 13.0 Å². The van der Waals surface area contributed by atoms with Gasteiger partial charge in [0.2, 0.25) is 5.91 Å². The SMILES string of the molecule is CCCN(CCO)C(=O)Cc1ccc(F)c(F)c1. The Morgan fingerprint density at radius 3 is 2.56 bits per heavy atom. The van der Waals surface area contributed by atoms with E-state index >= 15 is 0 Å². The Hall–Kier alpha value is -1.49. The van der Waals surface area contributed by atoms with Crippen LogP contribution in [0.5, 0.6) is 0 Å². The molecule has 18 heavy (non-hydrogen) atoms. The van der Waals surface area contributed by atoms with Crippen molar-refractivity contribution in [2.24, 2.45) is 0 Å². The molecule has 0 fully saturated rings. The van der Waals surface area contributed by atoms with Gasteiger partial charge >= 0.3 is 0 Å². The lowest BCUT2D eigenvalue weighted by molar-refractivity contribution is -0.131. The third kappa shape index (κ3) is 4.07. The highest BCUT2D eigenvalue weighted by atomic mass is 19.2. The summed E-state index contributed by atoms with van der Waals surface area (Å²) in [5.74, 6) is -2.08. The van der Waals surface area contributed by atoms with Gasteiger partial charge in [0.1, 0.15) is 0 Å². The van der Waals surface area contributed by atoms with E-state index in [-0.39, 0.29) is 25.5 Å². The van der Waals surface area contributed by atoms with Gasteiger partial charge < -0.3 is 10.0 Å². The maximum Gasteiger partial charge on any atom is 0.227 e. The fourth-order valence-electron chi connectivity index (χ4n) is 1.69. The Morgan fingerprint density at radius 1 is 1.28 bits per heavy atom. The van der Waals surface area contributed by atoms with Gasteiger partial charge in [-0.15, -0.1) is 0 Å². The van der Waals surface area contributed by atoms with E-state index in [9.17, 15) is 13.6 Å². The zero-order valence-electron chi connectivity index (χ0n) is 10.3. The number of hydrogen-bond acceptors (Lipinski definition) is 2. The van der Waals surface area contributed by atoms with Gasteiger partial charge in [0.15, 0.2) is 11.6 Å². The molecule has 0 aromatic heterocycles. The topological polar surface area (TPSA) is 40.5 Å². The van der Waals surface area contributed by atoms with E-state index in [1.54, 1.807) is 0 Å². The molecule has 1 N–H and O–H groups in total. The second-order valence-electron chi connectivity index (χ2n) is 4.03. The molecule has 0 radical (unpaired) electrons. The molecular weight excluding hydrogens is 240 g/mol. The quantitative estimate of drug-likeness (QED) is 0.843. The van der Waals surface area contributed by atoms with E-state index in [4.69, 9.17) is 5.11 Å². The van der Waals surface area contributed by atoms with E-state index < -0.39 is 11.6 Å². The van der Waals surface area contributed by atoms with E-state index in [1.807, 2.05) is 6.92 Å². The molecule has 1 rings (SSSR count). The van der Waals surface area contributed by atoms with Crippen molar-refractivity contribution >= 4 is 5.91 Å². The van der Waals surface area contributed by atoms with Crippen LogP contribution in [0.25, 0.3) is 0 Å². The van der Waals surface area contributed by atoms with Gasteiger partial charge in [0.25, 0.3) is 0 Å². The Labute approximate surface area is 105 Å². The van der Waals surface area contributed by atoms with Crippen molar-refractivity contribution < 1.29 is 18.7 Å². The maximum absolute atomic E-state index is 13.0. The predicted octanol–water partition coefficient (Wildman–Crippen LogP) is 1.74. The zero-order chi connectivity index (χ0) is 13.5. The summed E-state index contributed by atoms with van der Waals surface area (Å²) in [5, 5.41) is 8.86. The summed E-state index contributed by atoms with van der Waals surface area (Å²) in [5.41, 5.74) is 0.429. The van der Waals surface area contributed by atoms with Crippen molar-refractivity contribution in [2.75, 3.05) is 19.7 Å². The first-order chi connectivity index (χ1) is 8.58. The molecule has 1 amide bonds. The molecule has 0 aliphatic carbocycles. The van der Waals surface area contributed by atoms with Crippen LogP contribution in [0, 0.1) is 11.6 Å².